The topological polar surface area (TPSA) is 35.2 Å². The lowest BCUT2D eigenvalue weighted by Gasteiger charge is -2.28. The molecule has 1 aromatic carbocycles. The fraction of sp³-hybridized carbons (Fsp3) is 0.400. The standard InChI is InChI=1S/C10H12INO/c1-6-3-2-4-7-8(12)5-13-10(11)9(6)7/h2-4,8,10H,5,12H2,1H3. The highest BCUT2D eigenvalue weighted by Gasteiger charge is 2.24. The van der Waals surface area contributed by atoms with Crippen LogP contribution in [0.1, 0.15) is 26.8 Å². The maximum atomic E-state index is 5.95. The zero-order valence-corrected chi connectivity index (χ0v) is 9.61. The summed E-state index contributed by atoms with van der Waals surface area (Å²) < 4.78 is 5.72. The fourth-order valence-corrected chi connectivity index (χ4v) is 2.76. The first-order valence-electron chi connectivity index (χ1n) is 4.31. The van der Waals surface area contributed by atoms with Crippen molar-refractivity contribution in [3.8, 4) is 0 Å². The molecule has 2 atom stereocenters. The van der Waals surface area contributed by atoms with Crippen LogP contribution < -0.4 is 5.73 Å². The van der Waals surface area contributed by atoms with E-state index in [4.69, 9.17) is 10.5 Å². The van der Waals surface area contributed by atoms with Crippen LogP contribution in [-0.4, -0.2) is 6.61 Å². The maximum Gasteiger partial charge on any atom is 0.134 e. The molecule has 2 nitrogen and oxygen atoms in total. The van der Waals surface area contributed by atoms with E-state index < -0.39 is 0 Å². The molecular weight excluding hydrogens is 277 g/mol. The molecule has 1 heterocycles. The summed E-state index contributed by atoms with van der Waals surface area (Å²) in [5.74, 6) is 0. The normalized spacial score (nSPS) is 27.0. The smallest absolute Gasteiger partial charge is 0.134 e. The van der Waals surface area contributed by atoms with Gasteiger partial charge in [-0.15, -0.1) is 0 Å². The Morgan fingerprint density at radius 3 is 3.00 bits per heavy atom. The van der Waals surface area contributed by atoms with Gasteiger partial charge in [-0.3, -0.25) is 0 Å². The summed E-state index contributed by atoms with van der Waals surface area (Å²) in [6.07, 6.45) is 0. The summed E-state index contributed by atoms with van der Waals surface area (Å²) >= 11 is 2.31. The summed E-state index contributed by atoms with van der Waals surface area (Å²) in [6, 6.07) is 6.30. The SMILES string of the molecule is Cc1cccc2c1C(I)OCC2N. The maximum absolute atomic E-state index is 5.95. The number of fused-ring (bicyclic) bond motifs is 1. The van der Waals surface area contributed by atoms with E-state index >= 15 is 0 Å². The van der Waals surface area contributed by atoms with Crippen molar-refractivity contribution in [1.29, 1.82) is 0 Å². The molecule has 2 unspecified atom stereocenters. The minimum absolute atomic E-state index is 0.0425. The van der Waals surface area contributed by atoms with E-state index in [1.165, 1.54) is 16.7 Å². The predicted molar refractivity (Wildman–Crippen MR) is 60.8 cm³/mol. The third-order valence-electron chi connectivity index (χ3n) is 2.41. The van der Waals surface area contributed by atoms with Crippen LogP contribution >= 0.6 is 22.6 Å². The molecule has 2 rings (SSSR count). The van der Waals surface area contributed by atoms with Crippen LogP contribution in [-0.2, 0) is 4.74 Å². The van der Waals surface area contributed by atoms with Gasteiger partial charge in [0.2, 0.25) is 0 Å². The van der Waals surface area contributed by atoms with Crippen molar-refractivity contribution < 1.29 is 4.74 Å². The quantitative estimate of drug-likeness (QED) is 0.588. The molecule has 0 aromatic heterocycles. The summed E-state index contributed by atoms with van der Waals surface area (Å²) in [6.45, 7) is 2.73. The van der Waals surface area contributed by atoms with Gasteiger partial charge in [0.15, 0.2) is 0 Å². The van der Waals surface area contributed by atoms with Crippen LogP contribution in [0.5, 0.6) is 0 Å². The molecule has 0 fully saturated rings. The first-order chi connectivity index (χ1) is 6.20. The molecule has 0 saturated heterocycles. The summed E-state index contributed by atoms with van der Waals surface area (Å²) in [4.78, 5) is 0. The molecule has 0 saturated carbocycles. The number of halogens is 1. The molecule has 13 heavy (non-hydrogen) atoms. The van der Waals surface area contributed by atoms with Crippen LogP contribution in [0.15, 0.2) is 18.2 Å². The van der Waals surface area contributed by atoms with Gasteiger partial charge in [0.1, 0.15) is 4.11 Å². The van der Waals surface area contributed by atoms with Crippen molar-refractivity contribution in [3.05, 3.63) is 34.9 Å². The molecule has 0 spiro atoms. The zero-order valence-electron chi connectivity index (χ0n) is 7.46. The van der Waals surface area contributed by atoms with Gasteiger partial charge in [0.25, 0.3) is 0 Å². The monoisotopic (exact) mass is 289 g/mol. The zero-order chi connectivity index (χ0) is 9.42. The largest absolute Gasteiger partial charge is 0.361 e. The average molecular weight is 289 g/mol. The molecule has 2 N–H and O–H groups in total. The van der Waals surface area contributed by atoms with Crippen LogP contribution in [0.25, 0.3) is 0 Å². The van der Waals surface area contributed by atoms with Gasteiger partial charge in [-0.2, -0.15) is 0 Å². The Labute approximate surface area is 91.6 Å². The van der Waals surface area contributed by atoms with Crippen molar-refractivity contribution >= 4 is 22.6 Å². The van der Waals surface area contributed by atoms with Gasteiger partial charge >= 0.3 is 0 Å². The lowest BCUT2D eigenvalue weighted by molar-refractivity contribution is 0.0952. The number of nitrogens with two attached hydrogens (primary N) is 1. The molecule has 1 aliphatic heterocycles. The number of aryl methyl sites for hydroxylation is 1. The van der Waals surface area contributed by atoms with Crippen LogP contribution in [0.4, 0.5) is 0 Å². The van der Waals surface area contributed by atoms with E-state index in [2.05, 4.69) is 47.7 Å². The molecule has 0 amide bonds. The van der Waals surface area contributed by atoms with Crippen LogP contribution in [0.2, 0.25) is 0 Å². The number of hydrogen-bond donors (Lipinski definition) is 1. The van der Waals surface area contributed by atoms with E-state index in [0.717, 1.165) is 0 Å². The number of hydrogen-bond acceptors (Lipinski definition) is 2. The Hall–Kier alpha value is -0.130. The second-order valence-electron chi connectivity index (χ2n) is 3.33. The fourth-order valence-electron chi connectivity index (χ4n) is 1.70. The first kappa shape index (κ1) is 9.43. The van der Waals surface area contributed by atoms with Gasteiger partial charge < -0.3 is 10.5 Å². The molecule has 3 heteroatoms. The van der Waals surface area contributed by atoms with Gasteiger partial charge in [0, 0.05) is 0 Å². The second kappa shape index (κ2) is 3.55. The molecule has 70 valence electrons. The average Bonchev–Trinajstić information content (AvgIpc) is 2.12. The molecule has 0 bridgehead atoms. The van der Waals surface area contributed by atoms with Crippen molar-refractivity contribution in [2.45, 2.75) is 17.1 Å². The highest BCUT2D eigenvalue weighted by atomic mass is 127. The minimum atomic E-state index is 0.0425. The highest BCUT2D eigenvalue weighted by molar-refractivity contribution is 14.1. The predicted octanol–water partition coefficient (Wildman–Crippen LogP) is 2.46. The van der Waals surface area contributed by atoms with Gasteiger partial charge in [-0.25, -0.2) is 0 Å². The molecular formula is C10H12INO. The van der Waals surface area contributed by atoms with E-state index in [1.54, 1.807) is 0 Å². The van der Waals surface area contributed by atoms with Gasteiger partial charge in [-0.1, -0.05) is 18.2 Å². The Morgan fingerprint density at radius 1 is 1.54 bits per heavy atom. The Balaban J connectivity index is 2.56. The van der Waals surface area contributed by atoms with Crippen molar-refractivity contribution in [2.75, 3.05) is 6.61 Å². The third-order valence-corrected chi connectivity index (χ3v) is 3.39. The highest BCUT2D eigenvalue weighted by Crippen LogP contribution is 2.37. The summed E-state index contributed by atoms with van der Waals surface area (Å²) in [5.41, 5.74) is 9.73. The lowest BCUT2D eigenvalue weighted by atomic mass is 9.96. The van der Waals surface area contributed by atoms with E-state index in [9.17, 15) is 0 Å². The molecule has 1 aliphatic rings. The van der Waals surface area contributed by atoms with Crippen molar-refractivity contribution in [2.24, 2.45) is 5.73 Å². The molecule has 0 radical (unpaired) electrons. The Morgan fingerprint density at radius 2 is 2.31 bits per heavy atom. The van der Waals surface area contributed by atoms with Crippen LogP contribution in [0, 0.1) is 6.92 Å². The number of rotatable bonds is 0. The second-order valence-corrected chi connectivity index (χ2v) is 4.47. The van der Waals surface area contributed by atoms with E-state index in [1.807, 2.05) is 0 Å². The van der Waals surface area contributed by atoms with E-state index in [0.29, 0.717) is 6.61 Å². The number of benzene rings is 1. The molecule has 0 aliphatic carbocycles. The van der Waals surface area contributed by atoms with Crippen molar-refractivity contribution in [3.63, 3.8) is 0 Å². The Bertz CT molecular complexity index is 327. The molecule has 1 aromatic rings. The van der Waals surface area contributed by atoms with Gasteiger partial charge in [0.05, 0.1) is 12.6 Å². The lowest BCUT2D eigenvalue weighted by Crippen LogP contribution is -2.25. The third kappa shape index (κ3) is 1.60. The van der Waals surface area contributed by atoms with Gasteiger partial charge in [-0.05, 0) is 46.2 Å². The Kier molecular flexibility index (Phi) is 2.58. The number of alkyl halides is 1. The van der Waals surface area contributed by atoms with Crippen LogP contribution in [0.3, 0.4) is 0 Å². The summed E-state index contributed by atoms with van der Waals surface area (Å²) in [5, 5.41) is 0. The first-order valence-corrected chi connectivity index (χ1v) is 5.55. The summed E-state index contributed by atoms with van der Waals surface area (Å²) in [7, 11) is 0. The minimum Gasteiger partial charge on any atom is -0.361 e. The van der Waals surface area contributed by atoms with Crippen molar-refractivity contribution in [1.82, 2.24) is 0 Å². The number of ether oxygens (including phenoxy) is 1. The van der Waals surface area contributed by atoms with E-state index in [-0.39, 0.29) is 10.2 Å².